The summed E-state index contributed by atoms with van der Waals surface area (Å²) in [4.78, 5) is 0. The van der Waals surface area contributed by atoms with Crippen LogP contribution in [0.4, 0.5) is 0 Å². The summed E-state index contributed by atoms with van der Waals surface area (Å²) in [5, 5.41) is 0. The molecule has 0 radical (unpaired) electrons. The first-order valence-corrected chi connectivity index (χ1v) is 0. The molecule has 4 heteroatoms. The Balaban J connectivity index is 0. The summed E-state index contributed by atoms with van der Waals surface area (Å²) in [6.07, 6.45) is 0. The molecule has 0 bridgehead atoms. The molecule has 0 spiro atoms. The molecule has 1 nitrogen and oxygen atoms in total. The maximum absolute atomic E-state index is 0. The van der Waals surface area contributed by atoms with Gasteiger partial charge in [0.15, 0.2) is 0 Å². The molecule has 8 valence electrons. The van der Waals surface area contributed by atoms with Gasteiger partial charge in [0.25, 0.3) is 0 Å². The molecule has 0 saturated carbocycles. The third-order valence-corrected chi connectivity index (χ3v) is 0. The fourth-order valence-corrected chi connectivity index (χ4v) is 0. The van der Waals surface area contributed by atoms with Crippen LogP contribution in [0.15, 0.2) is 0 Å². The topological polar surface area (TPSA) is 33.5 Å². The van der Waals surface area contributed by atoms with Crippen LogP contribution in [0.2, 0.25) is 0 Å². The molecule has 0 aromatic rings. The van der Waals surface area contributed by atoms with Gasteiger partial charge in [-0.05, 0) is 0 Å². The monoisotopic (exact) mass is 37.1 g/mol. The van der Waals surface area contributed by atoms with Gasteiger partial charge in [-0.1, -0.05) is 0 Å². The summed E-state index contributed by atoms with van der Waals surface area (Å²) in [5.41, 5.74) is 0. The molecule has 0 amide bonds. The predicted molar refractivity (Wildman–Crippen MR) is 5.28 cm³/mol. The maximum atomic E-state index is 0. The number of hydrogen-bond acceptors (Lipinski definition) is 0. The van der Waals surface area contributed by atoms with E-state index in [9.17, 15) is 0 Å². The zero-order chi connectivity index (χ0) is 0. The summed E-state index contributed by atoms with van der Waals surface area (Å²) in [6.45, 7) is 0. The van der Waals surface area contributed by atoms with Crippen molar-refractivity contribution >= 4 is 0 Å². The summed E-state index contributed by atoms with van der Waals surface area (Å²) in [7, 11) is 0. The van der Waals surface area contributed by atoms with Gasteiger partial charge in [0.1, 0.15) is 0 Å². The van der Waals surface area contributed by atoms with Crippen molar-refractivity contribution in [1.29, 1.82) is 0 Å². The van der Waals surface area contributed by atoms with E-state index < -0.39 is 0 Å². The van der Waals surface area contributed by atoms with E-state index in [1.807, 2.05) is 0 Å². The van der Waals surface area contributed by atoms with E-state index in [4.69, 9.17) is 0 Å². The van der Waals surface area contributed by atoms with Crippen LogP contribution in [0.3, 0.4) is 0 Å². The average molecular weight is 36.8 g/mol. The van der Waals surface area contributed by atoms with Crippen molar-refractivity contribution in [2.75, 3.05) is 0 Å². The Kier molecular flexibility index (Phi) is 231. The molecule has 0 atom stereocenters. The molecule has 0 aliphatic rings. The van der Waals surface area contributed by atoms with E-state index in [0.717, 1.165) is 0 Å². The molecule has 0 fully saturated rings. The van der Waals surface area contributed by atoms with Crippen molar-refractivity contribution in [1.82, 2.24) is 0 Å². The van der Waals surface area contributed by atoms with Crippen LogP contribution in [0, 0.1) is 0 Å². The Morgan fingerprint density at radius 1 is 0.500 bits per heavy atom. The molecule has 0 saturated heterocycles. The summed E-state index contributed by atoms with van der Waals surface area (Å²) < 4.78 is 0. The summed E-state index contributed by atoms with van der Waals surface area (Å²) in [5.74, 6) is 0. The van der Waals surface area contributed by atoms with Crippen LogP contribution in [0.25, 0.3) is 6.15 Å². The standard InChI is InChI=1S/3Li.H2N/h;;;1H2/q3*+1;-1. The molecule has 4 heavy (non-hydrogen) atoms. The van der Waals surface area contributed by atoms with Gasteiger partial charge < -0.3 is 6.15 Å². The Labute approximate surface area is 62.4 Å². The average Bonchev–Trinajstić information content (AvgIpc) is 0. The van der Waals surface area contributed by atoms with Gasteiger partial charge >= 0.3 is 56.6 Å². The Bertz CT molecular complexity index is 3.25. The van der Waals surface area contributed by atoms with E-state index in [0.29, 0.717) is 0 Å². The van der Waals surface area contributed by atoms with Gasteiger partial charge in [0.05, 0.1) is 0 Å². The number of nitrogens with two attached hydrogens (primary N) is 1. The van der Waals surface area contributed by atoms with Crippen LogP contribution < -0.4 is 56.6 Å². The van der Waals surface area contributed by atoms with Crippen LogP contribution in [0.5, 0.6) is 0 Å². The fourth-order valence-electron chi connectivity index (χ4n) is 0. The quantitative estimate of drug-likeness (QED) is 0.239. The van der Waals surface area contributed by atoms with Gasteiger partial charge in [-0.3, -0.25) is 0 Å². The van der Waals surface area contributed by atoms with Gasteiger partial charge in [0.2, 0.25) is 0 Å². The third-order valence-electron chi connectivity index (χ3n) is 0. The molecular weight excluding hydrogens is 34.8 g/mol. The Hall–Kier alpha value is 1.75. The van der Waals surface area contributed by atoms with Crippen molar-refractivity contribution in [2.24, 2.45) is 0 Å². The van der Waals surface area contributed by atoms with Crippen LogP contribution >= 0.6 is 0 Å². The Morgan fingerprint density at radius 3 is 0.500 bits per heavy atom. The van der Waals surface area contributed by atoms with Crippen LogP contribution in [0.1, 0.15) is 0 Å². The Morgan fingerprint density at radius 2 is 0.500 bits per heavy atom. The zero-order valence-corrected chi connectivity index (χ0v) is 3.58. The number of hydrogen-bond donors (Lipinski definition) is 0. The summed E-state index contributed by atoms with van der Waals surface area (Å²) >= 11 is 0. The smallest absolute Gasteiger partial charge is 0.693 e. The largest absolute Gasteiger partial charge is 1.00 e. The van der Waals surface area contributed by atoms with E-state index in [1.165, 1.54) is 0 Å². The molecule has 0 unspecified atom stereocenters. The predicted octanol–water partition coefficient (Wildman–Crippen LogP) is -8.27. The van der Waals surface area contributed by atoms with Crippen LogP contribution in [-0.2, 0) is 0 Å². The van der Waals surface area contributed by atoms with E-state index in [2.05, 4.69) is 0 Å². The maximum Gasteiger partial charge on any atom is 1.00 e. The first kappa shape index (κ1) is 42.3. The SMILES string of the molecule is [Li+].[Li+].[Li+].[NH2-]. The van der Waals surface area contributed by atoms with Gasteiger partial charge in [-0.15, -0.1) is 0 Å². The second-order valence-electron chi connectivity index (χ2n) is 0. The first-order chi connectivity index (χ1) is 0. The molecule has 0 aromatic carbocycles. The van der Waals surface area contributed by atoms with Crippen LogP contribution in [-0.4, -0.2) is 0 Å². The fraction of sp³-hybridized carbons (Fsp3) is 0. The third kappa shape index (κ3) is 9.26. The van der Waals surface area contributed by atoms with Crippen molar-refractivity contribution in [2.45, 2.75) is 0 Å². The van der Waals surface area contributed by atoms with Crippen molar-refractivity contribution < 1.29 is 56.6 Å². The minimum atomic E-state index is 0. The molecule has 0 aliphatic carbocycles. The molecule has 0 rings (SSSR count). The van der Waals surface area contributed by atoms with Gasteiger partial charge in [-0.25, -0.2) is 0 Å². The minimum absolute atomic E-state index is 0. The molecular formula is H2Li3N+2. The summed E-state index contributed by atoms with van der Waals surface area (Å²) in [6, 6.07) is 0. The first-order valence-electron chi connectivity index (χ1n) is 0. The number of rotatable bonds is 0. The second-order valence-corrected chi connectivity index (χ2v) is 0. The van der Waals surface area contributed by atoms with Gasteiger partial charge in [-0.2, -0.15) is 0 Å². The second kappa shape index (κ2) is 21.8. The molecule has 0 aromatic heterocycles. The van der Waals surface area contributed by atoms with Crippen molar-refractivity contribution in [3.05, 3.63) is 6.15 Å². The normalized spacial score (nSPS) is 0. The van der Waals surface area contributed by atoms with E-state index in [1.54, 1.807) is 0 Å². The minimum Gasteiger partial charge on any atom is -0.693 e. The molecule has 2 N–H and O–H groups in total. The zero-order valence-electron chi connectivity index (χ0n) is 3.58. The van der Waals surface area contributed by atoms with Crippen molar-refractivity contribution in [3.8, 4) is 0 Å². The van der Waals surface area contributed by atoms with E-state index in [-0.39, 0.29) is 62.7 Å². The molecule has 0 heterocycles. The van der Waals surface area contributed by atoms with Crippen molar-refractivity contribution in [3.63, 3.8) is 0 Å². The molecule has 0 aliphatic heterocycles. The van der Waals surface area contributed by atoms with E-state index >= 15 is 0 Å². The van der Waals surface area contributed by atoms with Gasteiger partial charge in [0, 0.05) is 0 Å².